The van der Waals surface area contributed by atoms with Gasteiger partial charge in [0.25, 0.3) is 0 Å². The maximum absolute atomic E-state index is 10.4. The van der Waals surface area contributed by atoms with Crippen molar-refractivity contribution in [2.45, 2.75) is 31.9 Å². The molecule has 0 atom stereocenters. The molecule has 0 radical (unpaired) electrons. The first-order chi connectivity index (χ1) is 9.13. The molecule has 1 aliphatic rings. The third kappa shape index (κ3) is 4.56. The average molecular weight is 269 g/mol. The van der Waals surface area contributed by atoms with E-state index in [1.807, 2.05) is 0 Å². The van der Waals surface area contributed by atoms with Crippen molar-refractivity contribution in [3.05, 3.63) is 5.82 Å². The van der Waals surface area contributed by atoms with Gasteiger partial charge in [0.2, 0.25) is 0 Å². The number of ether oxygens (including phenoxy) is 1. The lowest BCUT2D eigenvalue weighted by Crippen LogP contribution is -2.37. The molecular weight excluding hydrogens is 250 g/mol. The minimum Gasteiger partial charge on any atom is -0.481 e. The highest BCUT2D eigenvalue weighted by Gasteiger charge is 2.20. The number of tetrazole rings is 1. The number of hydrogen-bond acceptors (Lipinski definition) is 6. The first-order valence-corrected chi connectivity index (χ1v) is 6.42. The summed E-state index contributed by atoms with van der Waals surface area (Å²) in [7, 11) is 1.75. The van der Waals surface area contributed by atoms with Crippen molar-refractivity contribution in [1.29, 1.82) is 0 Å². The predicted molar refractivity (Wildman–Crippen MR) is 65.3 cm³/mol. The first kappa shape index (κ1) is 13.9. The van der Waals surface area contributed by atoms with Crippen LogP contribution in [0.25, 0.3) is 0 Å². The number of likely N-dealkylation sites (tertiary alicyclic amines) is 1. The summed E-state index contributed by atoms with van der Waals surface area (Å²) in [6.45, 7) is 2.83. The molecule has 19 heavy (non-hydrogen) atoms. The second-order valence-electron chi connectivity index (χ2n) is 4.69. The van der Waals surface area contributed by atoms with Crippen LogP contribution in [0.4, 0.5) is 0 Å². The summed E-state index contributed by atoms with van der Waals surface area (Å²) in [5, 5.41) is 20.5. The summed E-state index contributed by atoms with van der Waals surface area (Å²) in [4.78, 5) is 14.1. The Labute approximate surface area is 111 Å². The smallest absolute Gasteiger partial charge is 0.305 e. The molecule has 2 heterocycles. The number of aryl methyl sites for hydroxylation is 1. The van der Waals surface area contributed by atoms with Gasteiger partial charge in [0.15, 0.2) is 5.82 Å². The standard InChI is InChI=1S/C11H19N5O3/c1-15-13-10(12-14-15)8-16-5-2-9(3-6-16)19-7-4-11(17)18/h9H,2-8H2,1H3,(H,17,18). The largest absolute Gasteiger partial charge is 0.481 e. The first-order valence-electron chi connectivity index (χ1n) is 6.42. The Kier molecular flexibility index (Phi) is 4.80. The number of nitrogens with zero attached hydrogens (tertiary/aromatic N) is 5. The number of aromatic nitrogens is 4. The van der Waals surface area contributed by atoms with Crippen LogP contribution in [0.2, 0.25) is 0 Å². The van der Waals surface area contributed by atoms with Gasteiger partial charge in [0.05, 0.1) is 32.7 Å². The third-order valence-electron chi connectivity index (χ3n) is 3.12. The van der Waals surface area contributed by atoms with E-state index in [4.69, 9.17) is 9.84 Å². The van der Waals surface area contributed by atoms with E-state index in [9.17, 15) is 4.79 Å². The van der Waals surface area contributed by atoms with E-state index in [0.717, 1.165) is 31.8 Å². The molecule has 1 fully saturated rings. The highest BCUT2D eigenvalue weighted by Crippen LogP contribution is 2.15. The molecule has 1 aromatic heterocycles. The molecule has 0 unspecified atom stereocenters. The van der Waals surface area contributed by atoms with E-state index >= 15 is 0 Å². The molecule has 1 aliphatic heterocycles. The number of aliphatic carboxylic acids is 1. The number of rotatable bonds is 6. The normalized spacial score (nSPS) is 17.7. The van der Waals surface area contributed by atoms with Crippen molar-refractivity contribution >= 4 is 5.97 Å². The zero-order chi connectivity index (χ0) is 13.7. The summed E-state index contributed by atoms with van der Waals surface area (Å²) >= 11 is 0. The van der Waals surface area contributed by atoms with Crippen molar-refractivity contribution in [1.82, 2.24) is 25.1 Å². The van der Waals surface area contributed by atoms with Crippen LogP contribution in [0, 0.1) is 0 Å². The van der Waals surface area contributed by atoms with Gasteiger partial charge in [0.1, 0.15) is 0 Å². The summed E-state index contributed by atoms with van der Waals surface area (Å²) in [5.41, 5.74) is 0. The van der Waals surface area contributed by atoms with Crippen molar-refractivity contribution in [3.8, 4) is 0 Å². The fourth-order valence-corrected chi connectivity index (χ4v) is 2.13. The third-order valence-corrected chi connectivity index (χ3v) is 3.12. The zero-order valence-corrected chi connectivity index (χ0v) is 11.0. The number of piperidine rings is 1. The number of carboxylic acid groups (broad SMARTS) is 1. The van der Waals surface area contributed by atoms with Crippen LogP contribution in [0.15, 0.2) is 0 Å². The Morgan fingerprint density at radius 1 is 1.47 bits per heavy atom. The van der Waals surface area contributed by atoms with E-state index in [1.165, 1.54) is 4.80 Å². The highest BCUT2D eigenvalue weighted by molar-refractivity contribution is 5.66. The molecule has 0 spiro atoms. The molecular formula is C11H19N5O3. The minimum absolute atomic E-state index is 0.0732. The Morgan fingerprint density at radius 3 is 2.79 bits per heavy atom. The molecule has 1 N–H and O–H groups in total. The molecule has 0 bridgehead atoms. The van der Waals surface area contributed by atoms with Crippen molar-refractivity contribution in [2.24, 2.45) is 7.05 Å². The molecule has 1 aromatic rings. The average Bonchev–Trinajstić information content (AvgIpc) is 2.77. The lowest BCUT2D eigenvalue weighted by Gasteiger charge is -2.30. The van der Waals surface area contributed by atoms with Crippen LogP contribution in [-0.2, 0) is 23.1 Å². The van der Waals surface area contributed by atoms with Gasteiger partial charge in [-0.1, -0.05) is 0 Å². The van der Waals surface area contributed by atoms with E-state index in [2.05, 4.69) is 20.3 Å². The van der Waals surface area contributed by atoms with Crippen LogP contribution in [-0.4, -0.2) is 62.0 Å². The quantitative estimate of drug-likeness (QED) is 0.755. The number of carbonyl (C=O) groups is 1. The van der Waals surface area contributed by atoms with Gasteiger partial charge in [-0.05, 0) is 18.1 Å². The fraction of sp³-hybridized carbons (Fsp3) is 0.818. The van der Waals surface area contributed by atoms with Gasteiger partial charge in [0, 0.05) is 13.1 Å². The Balaban J connectivity index is 1.66. The monoisotopic (exact) mass is 269 g/mol. The molecule has 0 saturated carbocycles. The van der Waals surface area contributed by atoms with Gasteiger partial charge in [-0.25, -0.2) is 0 Å². The van der Waals surface area contributed by atoms with Gasteiger partial charge >= 0.3 is 5.97 Å². The molecule has 0 aromatic carbocycles. The maximum atomic E-state index is 10.4. The Bertz CT molecular complexity index is 414. The van der Waals surface area contributed by atoms with Crippen molar-refractivity contribution < 1.29 is 14.6 Å². The maximum Gasteiger partial charge on any atom is 0.305 e. The molecule has 1 saturated heterocycles. The molecule has 0 amide bonds. The predicted octanol–water partition coefficient (Wildman–Crippen LogP) is -0.334. The Hall–Kier alpha value is -1.54. The van der Waals surface area contributed by atoms with Crippen LogP contribution >= 0.6 is 0 Å². The van der Waals surface area contributed by atoms with Crippen LogP contribution in [0.5, 0.6) is 0 Å². The van der Waals surface area contributed by atoms with Crippen LogP contribution in [0.1, 0.15) is 25.1 Å². The second kappa shape index (κ2) is 6.58. The number of hydrogen-bond donors (Lipinski definition) is 1. The molecule has 2 rings (SSSR count). The molecule has 8 heteroatoms. The van der Waals surface area contributed by atoms with Gasteiger partial charge < -0.3 is 9.84 Å². The summed E-state index contributed by atoms with van der Waals surface area (Å²) in [5.74, 6) is -0.0843. The Morgan fingerprint density at radius 2 is 2.21 bits per heavy atom. The zero-order valence-electron chi connectivity index (χ0n) is 11.0. The lowest BCUT2D eigenvalue weighted by molar-refractivity contribution is -0.138. The van der Waals surface area contributed by atoms with E-state index in [-0.39, 0.29) is 12.5 Å². The van der Waals surface area contributed by atoms with E-state index in [0.29, 0.717) is 13.2 Å². The lowest BCUT2D eigenvalue weighted by atomic mass is 10.1. The topological polar surface area (TPSA) is 93.4 Å². The van der Waals surface area contributed by atoms with Crippen LogP contribution < -0.4 is 0 Å². The molecule has 106 valence electrons. The molecule has 8 nitrogen and oxygen atoms in total. The minimum atomic E-state index is -0.814. The van der Waals surface area contributed by atoms with Crippen molar-refractivity contribution in [3.63, 3.8) is 0 Å². The SMILES string of the molecule is Cn1nnc(CN2CCC(OCCC(=O)O)CC2)n1. The van der Waals surface area contributed by atoms with E-state index < -0.39 is 5.97 Å². The molecule has 0 aliphatic carbocycles. The van der Waals surface area contributed by atoms with Crippen LogP contribution in [0.3, 0.4) is 0 Å². The summed E-state index contributed by atoms with van der Waals surface area (Å²) < 4.78 is 5.54. The summed E-state index contributed by atoms with van der Waals surface area (Å²) in [6.07, 6.45) is 2.08. The van der Waals surface area contributed by atoms with Gasteiger partial charge in [-0.15, -0.1) is 10.2 Å². The van der Waals surface area contributed by atoms with Gasteiger partial charge in [-0.2, -0.15) is 4.80 Å². The highest BCUT2D eigenvalue weighted by atomic mass is 16.5. The van der Waals surface area contributed by atoms with E-state index in [1.54, 1.807) is 7.05 Å². The fourth-order valence-electron chi connectivity index (χ4n) is 2.13. The second-order valence-corrected chi connectivity index (χ2v) is 4.69. The summed E-state index contributed by atoms with van der Waals surface area (Å²) in [6, 6.07) is 0. The van der Waals surface area contributed by atoms with Crippen molar-refractivity contribution in [2.75, 3.05) is 19.7 Å². The van der Waals surface area contributed by atoms with Gasteiger partial charge in [-0.3, -0.25) is 9.69 Å². The number of carboxylic acids is 1.